The van der Waals surface area contributed by atoms with E-state index in [1.54, 1.807) is 0 Å². The van der Waals surface area contributed by atoms with E-state index in [2.05, 4.69) is 27.7 Å². The van der Waals surface area contributed by atoms with Crippen LogP contribution in [0.5, 0.6) is 0 Å². The molecular weight excluding hydrogens is 547 g/mol. The van der Waals surface area contributed by atoms with Crippen molar-refractivity contribution in [1.82, 2.24) is 0 Å². The van der Waals surface area contributed by atoms with E-state index in [0.29, 0.717) is 0 Å². The van der Waals surface area contributed by atoms with Gasteiger partial charge in [0.1, 0.15) is 0 Å². The van der Waals surface area contributed by atoms with Crippen LogP contribution in [0.15, 0.2) is 0 Å². The van der Waals surface area contributed by atoms with Gasteiger partial charge in [0.2, 0.25) is 0 Å². The fourth-order valence-corrected chi connectivity index (χ4v) is 14.1. The van der Waals surface area contributed by atoms with Crippen molar-refractivity contribution in [2.75, 3.05) is 24.6 Å². The van der Waals surface area contributed by atoms with Crippen molar-refractivity contribution >= 4 is 17.2 Å². The molecule has 0 atom stereocenters. The van der Waals surface area contributed by atoms with Crippen LogP contribution < -0.4 is 0 Å². The zero-order valence-electron chi connectivity index (χ0n) is 30.3. The summed E-state index contributed by atoms with van der Waals surface area (Å²) in [5.41, 5.74) is 0. The van der Waals surface area contributed by atoms with Crippen LogP contribution in [0.4, 0.5) is 0 Å². The summed E-state index contributed by atoms with van der Waals surface area (Å²) in [5, 5.41) is 0. The molecule has 0 radical (unpaired) electrons. The Bertz CT molecular complexity index is 474. The van der Waals surface area contributed by atoms with Gasteiger partial charge in [-0.25, -0.2) is 0 Å². The molecule has 0 heterocycles. The Balaban J connectivity index is 4.73. The second-order valence-corrected chi connectivity index (χ2v) is 22.9. The van der Waals surface area contributed by atoms with Gasteiger partial charge in [-0.2, -0.15) is 0 Å². The van der Waals surface area contributed by atoms with Crippen molar-refractivity contribution < 1.29 is 0 Å². The Kier molecular flexibility index (Phi) is 32.2. The molecule has 0 aliphatic carbocycles. The quantitative estimate of drug-likeness (QED) is 0.0477. The van der Waals surface area contributed by atoms with Gasteiger partial charge in [-0.1, -0.05) is 26.2 Å². The maximum absolute atomic E-state index is 8.20. The topological polar surface area (TPSA) is 0 Å². The normalized spacial score (nSPS) is 13.0. The van der Waals surface area contributed by atoms with Crippen LogP contribution in [-0.2, 0) is 0 Å². The van der Waals surface area contributed by atoms with Crippen molar-refractivity contribution in [3.05, 3.63) is 0 Å². The van der Waals surface area contributed by atoms with Gasteiger partial charge < -0.3 is 0 Å². The fraction of sp³-hybridized carbons (Fsp3) is 1.00. The molecule has 0 aromatic heterocycles. The predicted octanol–water partition coefficient (Wildman–Crippen LogP) is 16.3. The van der Waals surface area contributed by atoms with Gasteiger partial charge in [-0.15, -0.1) is 0 Å². The molecule has 256 valence electrons. The molecule has 42 heavy (non-hydrogen) atoms. The summed E-state index contributed by atoms with van der Waals surface area (Å²) in [6.07, 6.45) is 51.4. The van der Waals surface area contributed by atoms with E-state index >= 15 is 0 Å². The number of hydrogen-bond donors (Lipinski definition) is 0. The van der Waals surface area contributed by atoms with Crippen LogP contribution in [0.25, 0.3) is 0 Å². The first-order valence-electron chi connectivity index (χ1n) is 20.3. The van der Waals surface area contributed by atoms with E-state index in [4.69, 9.17) is 11.2 Å². The first kappa shape index (κ1) is 42.7. The fourth-order valence-electron chi connectivity index (χ4n) is 7.23. The molecule has 0 bridgehead atoms. The van der Waals surface area contributed by atoms with E-state index < -0.39 is 5.96 Å². The van der Waals surface area contributed by atoms with Crippen LogP contribution in [0.3, 0.4) is 0 Å². The van der Waals surface area contributed by atoms with Crippen LogP contribution in [0, 0.1) is 0 Å². The molecule has 0 nitrogen and oxygen atoms in total. The molecule has 0 saturated carbocycles. The molecule has 0 N–H and O–H groups in total. The van der Waals surface area contributed by atoms with Gasteiger partial charge in [0.05, 0.1) is 0 Å². The third kappa shape index (κ3) is 27.1. The molecular formula is C40H84ClP. The molecule has 0 unspecified atom stereocenters. The van der Waals surface area contributed by atoms with Gasteiger partial charge in [0, 0.05) is 0 Å². The van der Waals surface area contributed by atoms with Crippen LogP contribution in [-0.4, -0.2) is 24.6 Å². The molecule has 0 spiro atoms. The number of halogens is 1. The monoisotopic (exact) mass is 631 g/mol. The summed E-state index contributed by atoms with van der Waals surface area (Å²) in [6.45, 7) is 9.32. The minimum absolute atomic E-state index is 1.35. The molecule has 0 aromatic carbocycles. The van der Waals surface area contributed by atoms with E-state index in [1.165, 1.54) is 230 Å². The summed E-state index contributed by atoms with van der Waals surface area (Å²) in [5.74, 6) is -2.13. The molecule has 0 saturated heterocycles. The standard InChI is InChI=1S/C40H84ClP/c1-5-9-13-17-21-22-23-24-25-26-27-28-32-36-40-42(41,37-33-29-18-14-10-6-2,38-34-30-19-15-11-7-3)39-35-31-20-16-12-8-4/h5-40H2,1-4H3. The molecule has 0 aromatic rings. The Hall–Kier alpha value is 0.720. The molecule has 2 heteroatoms. The minimum atomic E-state index is -2.13. The Morgan fingerprint density at radius 1 is 0.238 bits per heavy atom. The van der Waals surface area contributed by atoms with E-state index in [0.717, 1.165) is 0 Å². The van der Waals surface area contributed by atoms with Crippen LogP contribution >= 0.6 is 17.2 Å². The number of hydrogen-bond acceptors (Lipinski definition) is 0. The first-order valence-corrected chi connectivity index (χ1v) is 24.1. The van der Waals surface area contributed by atoms with Gasteiger partial charge in [-0.05, 0) is 0 Å². The van der Waals surface area contributed by atoms with E-state index in [9.17, 15) is 0 Å². The summed E-state index contributed by atoms with van der Waals surface area (Å²) in [4.78, 5) is 0. The predicted molar refractivity (Wildman–Crippen MR) is 203 cm³/mol. The first-order chi connectivity index (χ1) is 20.5. The average Bonchev–Trinajstić information content (AvgIpc) is 2.99. The third-order valence-corrected chi connectivity index (χ3v) is 18.0. The molecule has 0 fully saturated rings. The van der Waals surface area contributed by atoms with E-state index in [-0.39, 0.29) is 0 Å². The Morgan fingerprint density at radius 2 is 0.381 bits per heavy atom. The summed E-state index contributed by atoms with van der Waals surface area (Å²) in [7, 11) is 0. The molecule has 0 rings (SSSR count). The number of unbranched alkanes of at least 4 members (excludes halogenated alkanes) is 28. The average molecular weight is 632 g/mol. The Labute approximate surface area is 274 Å². The second-order valence-electron chi connectivity index (χ2n) is 14.6. The molecule has 0 aliphatic heterocycles. The Morgan fingerprint density at radius 3 is 0.548 bits per heavy atom. The van der Waals surface area contributed by atoms with Crippen molar-refractivity contribution in [2.24, 2.45) is 0 Å². The summed E-state index contributed by atoms with van der Waals surface area (Å²) in [6, 6.07) is 0. The summed E-state index contributed by atoms with van der Waals surface area (Å²) >= 11 is 8.20. The third-order valence-electron chi connectivity index (χ3n) is 10.3. The van der Waals surface area contributed by atoms with E-state index in [1.807, 2.05) is 0 Å². The molecule has 0 aliphatic rings. The van der Waals surface area contributed by atoms with Crippen molar-refractivity contribution in [1.29, 1.82) is 0 Å². The zero-order chi connectivity index (χ0) is 30.9. The van der Waals surface area contributed by atoms with Crippen LogP contribution in [0.2, 0.25) is 0 Å². The summed E-state index contributed by atoms with van der Waals surface area (Å²) < 4.78 is 0. The second kappa shape index (κ2) is 31.7. The SMILES string of the molecule is CCCCCCCCCCCCCCCCP(Cl)(CCCCCCCC)(CCCCCCCC)CCCCCCCC. The maximum atomic E-state index is 8.20. The zero-order valence-corrected chi connectivity index (χ0v) is 31.9. The van der Waals surface area contributed by atoms with Crippen molar-refractivity contribution in [3.63, 3.8) is 0 Å². The molecule has 0 amide bonds. The van der Waals surface area contributed by atoms with Gasteiger partial charge in [-0.3, -0.25) is 0 Å². The van der Waals surface area contributed by atoms with Gasteiger partial charge in [0.15, 0.2) is 0 Å². The van der Waals surface area contributed by atoms with Crippen molar-refractivity contribution in [2.45, 2.75) is 233 Å². The number of rotatable bonds is 36. The van der Waals surface area contributed by atoms with Gasteiger partial charge >= 0.3 is 249 Å². The van der Waals surface area contributed by atoms with Crippen molar-refractivity contribution in [3.8, 4) is 0 Å². The van der Waals surface area contributed by atoms with Gasteiger partial charge in [0.25, 0.3) is 0 Å². The van der Waals surface area contributed by atoms with Crippen LogP contribution in [0.1, 0.15) is 233 Å².